The fraction of sp³-hybridized carbons (Fsp3) is 0.250. The van der Waals surface area contributed by atoms with Crippen LogP contribution in [0.3, 0.4) is 0 Å². The number of hydrogen-bond acceptors (Lipinski definition) is 4. The first-order chi connectivity index (χ1) is 8.91. The van der Waals surface area contributed by atoms with E-state index in [0.717, 1.165) is 6.07 Å². The normalized spacial score (nSPS) is 11.4. The number of alkyl halides is 3. The molecule has 0 bridgehead atoms. The highest BCUT2D eigenvalue weighted by atomic mass is 19.4. The molecule has 0 saturated carbocycles. The molecule has 0 fully saturated rings. The van der Waals surface area contributed by atoms with E-state index in [9.17, 15) is 13.2 Å². The molecule has 4 nitrogen and oxygen atoms in total. The maximum atomic E-state index is 13.0. The molecule has 0 aromatic carbocycles. The van der Waals surface area contributed by atoms with Crippen LogP contribution in [0.5, 0.6) is 6.01 Å². The number of rotatable bonds is 2. The molecular weight excluding hydrogens is 259 g/mol. The van der Waals surface area contributed by atoms with Crippen molar-refractivity contribution in [3.05, 3.63) is 35.9 Å². The van der Waals surface area contributed by atoms with Gasteiger partial charge in [0.1, 0.15) is 0 Å². The van der Waals surface area contributed by atoms with Gasteiger partial charge in [0.15, 0.2) is 0 Å². The Hall–Kier alpha value is -2.18. The van der Waals surface area contributed by atoms with E-state index in [1.165, 1.54) is 32.6 Å². The highest BCUT2D eigenvalue weighted by Gasteiger charge is 2.34. The van der Waals surface area contributed by atoms with Crippen molar-refractivity contribution in [2.75, 3.05) is 7.11 Å². The smallest absolute Gasteiger partial charge is 0.417 e. The van der Waals surface area contributed by atoms with Gasteiger partial charge in [-0.2, -0.15) is 13.2 Å². The summed E-state index contributed by atoms with van der Waals surface area (Å²) in [4.78, 5) is 11.5. The summed E-state index contributed by atoms with van der Waals surface area (Å²) in [6.45, 7) is 1.50. The van der Waals surface area contributed by atoms with Crippen LogP contribution < -0.4 is 4.74 Å². The Labute approximate surface area is 107 Å². The molecule has 2 rings (SSSR count). The Morgan fingerprint density at radius 2 is 1.68 bits per heavy atom. The number of nitrogens with zero attached hydrogens (tertiary/aromatic N) is 3. The van der Waals surface area contributed by atoms with Gasteiger partial charge in [0.05, 0.1) is 12.7 Å². The van der Waals surface area contributed by atoms with Crippen LogP contribution in [0, 0.1) is 6.92 Å². The zero-order valence-corrected chi connectivity index (χ0v) is 10.2. The van der Waals surface area contributed by atoms with Gasteiger partial charge in [-0.1, -0.05) is 0 Å². The van der Waals surface area contributed by atoms with Gasteiger partial charge in [-0.3, -0.25) is 4.98 Å². The van der Waals surface area contributed by atoms with Crippen molar-refractivity contribution in [3.63, 3.8) is 0 Å². The van der Waals surface area contributed by atoms with Crippen molar-refractivity contribution >= 4 is 0 Å². The number of pyridine rings is 1. The third kappa shape index (κ3) is 2.81. The van der Waals surface area contributed by atoms with Crippen molar-refractivity contribution in [1.82, 2.24) is 15.0 Å². The molecule has 0 aliphatic rings. The number of aromatic nitrogens is 3. The third-order valence-electron chi connectivity index (χ3n) is 2.47. The number of aryl methyl sites for hydroxylation is 1. The number of ether oxygens (including phenoxy) is 1. The van der Waals surface area contributed by atoms with Crippen LogP contribution >= 0.6 is 0 Å². The summed E-state index contributed by atoms with van der Waals surface area (Å²) < 4.78 is 43.7. The van der Waals surface area contributed by atoms with Crippen LogP contribution in [0.1, 0.15) is 11.3 Å². The maximum Gasteiger partial charge on any atom is 0.417 e. The monoisotopic (exact) mass is 269 g/mol. The lowest BCUT2D eigenvalue weighted by atomic mass is 10.0. The molecule has 2 aromatic heterocycles. The standard InChI is InChI=1S/C12H10F3N3O/c1-7-3-10(12(13,14)15)9(6-16-7)8-4-17-11(19-2)18-5-8/h3-6H,1-2H3. The van der Waals surface area contributed by atoms with E-state index in [1.54, 1.807) is 0 Å². The molecule has 0 radical (unpaired) electrons. The Kier molecular flexibility index (Phi) is 3.37. The molecule has 0 amide bonds. The lowest BCUT2D eigenvalue weighted by Crippen LogP contribution is -2.08. The molecule has 7 heteroatoms. The minimum absolute atomic E-state index is 0.0549. The lowest BCUT2D eigenvalue weighted by Gasteiger charge is -2.12. The average Bonchev–Trinajstić information content (AvgIpc) is 2.38. The molecule has 100 valence electrons. The van der Waals surface area contributed by atoms with Crippen LogP contribution in [-0.2, 0) is 6.18 Å². The predicted molar refractivity (Wildman–Crippen MR) is 61.6 cm³/mol. The average molecular weight is 269 g/mol. The van der Waals surface area contributed by atoms with Gasteiger partial charge in [0.25, 0.3) is 0 Å². The summed E-state index contributed by atoms with van der Waals surface area (Å²) in [5, 5.41) is 0. The van der Waals surface area contributed by atoms with E-state index in [4.69, 9.17) is 4.74 Å². The Bertz CT molecular complexity index is 582. The van der Waals surface area contributed by atoms with Crippen molar-refractivity contribution in [1.29, 1.82) is 0 Å². The maximum absolute atomic E-state index is 13.0. The number of hydrogen-bond donors (Lipinski definition) is 0. The van der Waals surface area contributed by atoms with E-state index >= 15 is 0 Å². The van der Waals surface area contributed by atoms with Crippen LogP contribution in [0.15, 0.2) is 24.7 Å². The van der Waals surface area contributed by atoms with Crippen molar-refractivity contribution in [3.8, 4) is 17.1 Å². The molecule has 0 unspecified atom stereocenters. The fourth-order valence-corrected chi connectivity index (χ4v) is 1.59. The SMILES string of the molecule is COc1ncc(-c2cnc(C)cc2C(F)(F)F)cn1. The van der Waals surface area contributed by atoms with Gasteiger partial charge < -0.3 is 4.74 Å². The first kappa shape index (κ1) is 13.3. The molecule has 0 spiro atoms. The van der Waals surface area contributed by atoms with E-state index in [2.05, 4.69) is 15.0 Å². The summed E-state index contributed by atoms with van der Waals surface area (Å²) in [7, 11) is 1.38. The van der Waals surface area contributed by atoms with E-state index in [0.29, 0.717) is 5.69 Å². The Balaban J connectivity index is 2.54. The van der Waals surface area contributed by atoms with E-state index in [1.807, 2.05) is 0 Å². The van der Waals surface area contributed by atoms with Crippen LogP contribution in [0.25, 0.3) is 11.1 Å². The van der Waals surface area contributed by atoms with E-state index < -0.39 is 11.7 Å². The van der Waals surface area contributed by atoms with Gasteiger partial charge in [0.2, 0.25) is 0 Å². The first-order valence-electron chi connectivity index (χ1n) is 5.32. The molecule has 19 heavy (non-hydrogen) atoms. The second-order valence-electron chi connectivity index (χ2n) is 3.83. The molecule has 0 N–H and O–H groups in total. The summed E-state index contributed by atoms with van der Waals surface area (Å²) in [5.74, 6) is 0. The number of methoxy groups -OCH3 is 1. The first-order valence-corrected chi connectivity index (χ1v) is 5.32. The summed E-state index contributed by atoms with van der Waals surface area (Å²) >= 11 is 0. The molecule has 0 aliphatic carbocycles. The largest absolute Gasteiger partial charge is 0.467 e. The molecule has 0 atom stereocenters. The summed E-state index contributed by atoms with van der Waals surface area (Å²) in [5.41, 5.74) is -0.277. The Morgan fingerprint density at radius 1 is 1.05 bits per heavy atom. The molecular formula is C12H10F3N3O. The highest BCUT2D eigenvalue weighted by molar-refractivity contribution is 5.65. The van der Waals surface area contributed by atoms with Gasteiger partial charge >= 0.3 is 12.2 Å². The predicted octanol–water partition coefficient (Wildman–Crippen LogP) is 2.87. The molecule has 0 saturated heterocycles. The molecule has 2 aromatic rings. The zero-order chi connectivity index (χ0) is 14.0. The third-order valence-corrected chi connectivity index (χ3v) is 2.47. The van der Waals surface area contributed by atoms with Gasteiger partial charge in [-0.05, 0) is 13.0 Å². The molecule has 0 aliphatic heterocycles. The zero-order valence-electron chi connectivity index (χ0n) is 10.2. The van der Waals surface area contributed by atoms with Gasteiger partial charge in [-0.15, -0.1) is 0 Å². The van der Waals surface area contributed by atoms with Crippen molar-refractivity contribution in [2.45, 2.75) is 13.1 Å². The van der Waals surface area contributed by atoms with Gasteiger partial charge in [-0.25, -0.2) is 9.97 Å². The summed E-state index contributed by atoms with van der Waals surface area (Å²) in [6.07, 6.45) is -0.743. The van der Waals surface area contributed by atoms with E-state index in [-0.39, 0.29) is 17.1 Å². The van der Waals surface area contributed by atoms with Crippen LogP contribution in [-0.4, -0.2) is 22.1 Å². The van der Waals surface area contributed by atoms with Gasteiger partial charge in [0, 0.05) is 35.4 Å². The lowest BCUT2D eigenvalue weighted by molar-refractivity contribution is -0.137. The summed E-state index contributed by atoms with van der Waals surface area (Å²) in [6, 6.07) is 1.09. The quantitative estimate of drug-likeness (QED) is 0.841. The minimum atomic E-state index is -4.46. The Morgan fingerprint density at radius 3 is 2.21 bits per heavy atom. The highest BCUT2D eigenvalue weighted by Crippen LogP contribution is 2.36. The van der Waals surface area contributed by atoms with Crippen LogP contribution in [0.2, 0.25) is 0 Å². The topological polar surface area (TPSA) is 47.9 Å². The van der Waals surface area contributed by atoms with Crippen LogP contribution in [0.4, 0.5) is 13.2 Å². The van der Waals surface area contributed by atoms with Crippen molar-refractivity contribution < 1.29 is 17.9 Å². The fourth-order valence-electron chi connectivity index (χ4n) is 1.59. The molecule has 2 heterocycles. The van der Waals surface area contributed by atoms with Crippen molar-refractivity contribution in [2.24, 2.45) is 0 Å². The number of halogens is 3. The second kappa shape index (κ2) is 4.83. The second-order valence-corrected chi connectivity index (χ2v) is 3.83. The minimum Gasteiger partial charge on any atom is -0.467 e.